The van der Waals surface area contributed by atoms with Crippen LogP contribution in [-0.4, -0.2) is 11.9 Å². The summed E-state index contributed by atoms with van der Waals surface area (Å²) in [5.41, 5.74) is 2.51. The van der Waals surface area contributed by atoms with Gasteiger partial charge in [-0.1, -0.05) is 54.6 Å². The molecule has 0 unspecified atom stereocenters. The summed E-state index contributed by atoms with van der Waals surface area (Å²) < 4.78 is 0. The molecular weight excluding hydrogens is 298 g/mol. The lowest BCUT2D eigenvalue weighted by Crippen LogP contribution is -2.10. The standard InChI is InChI=1S/C21H17NS/c1-22-16-21(19-14-8-9-15-20(19)22)23(17-10-4-2-5-11-17)18-12-6-3-7-13-18/h2-15H,1H3. The lowest BCUT2D eigenvalue weighted by atomic mass is 10.2. The van der Waals surface area contributed by atoms with Gasteiger partial charge in [-0.05, 0) is 30.3 Å². The summed E-state index contributed by atoms with van der Waals surface area (Å²) in [4.78, 5) is 6.02. The molecule has 0 aromatic heterocycles. The number of rotatable bonds is 2. The fourth-order valence-electron chi connectivity index (χ4n) is 2.87. The van der Waals surface area contributed by atoms with E-state index in [1.54, 1.807) is 0 Å². The third-order valence-electron chi connectivity index (χ3n) is 3.94. The lowest BCUT2D eigenvalue weighted by molar-refractivity contribution is 1.19. The summed E-state index contributed by atoms with van der Waals surface area (Å²) in [6, 6.07) is 30.0. The largest absolute Gasteiger partial charge is 0.359 e. The summed E-state index contributed by atoms with van der Waals surface area (Å²) >= 11 is 0. The van der Waals surface area contributed by atoms with Crippen molar-refractivity contribution in [1.29, 1.82) is 0 Å². The number of hydrogen-bond acceptors (Lipinski definition) is 1. The lowest BCUT2D eigenvalue weighted by Gasteiger charge is -2.14. The Morgan fingerprint density at radius 3 is 1.83 bits per heavy atom. The maximum Gasteiger partial charge on any atom is 0.133 e. The van der Waals surface area contributed by atoms with Crippen LogP contribution in [0.2, 0.25) is 0 Å². The van der Waals surface area contributed by atoms with Crippen LogP contribution in [-0.2, 0) is 0 Å². The van der Waals surface area contributed by atoms with Crippen molar-refractivity contribution >= 4 is 21.0 Å². The van der Waals surface area contributed by atoms with E-state index in [0.29, 0.717) is 0 Å². The second-order valence-electron chi connectivity index (χ2n) is 5.45. The molecule has 1 aliphatic rings. The molecule has 2 heteroatoms. The third-order valence-corrected chi connectivity index (χ3v) is 6.15. The predicted molar refractivity (Wildman–Crippen MR) is 99.2 cm³/mol. The Hall–Kier alpha value is -2.32. The number of benzene rings is 3. The van der Waals surface area contributed by atoms with Gasteiger partial charge in [0.05, 0.1) is 0 Å². The Labute approximate surface area is 140 Å². The highest BCUT2D eigenvalue weighted by Gasteiger charge is 2.25. The van der Waals surface area contributed by atoms with E-state index in [-0.39, 0.29) is 10.5 Å². The Morgan fingerprint density at radius 1 is 0.696 bits per heavy atom. The molecule has 3 aromatic carbocycles. The smallest absolute Gasteiger partial charge is 0.133 e. The van der Waals surface area contributed by atoms with Crippen molar-refractivity contribution in [2.45, 2.75) is 9.79 Å². The summed E-state index contributed by atoms with van der Waals surface area (Å²) in [5, 5.41) is 0. The van der Waals surface area contributed by atoms with Crippen LogP contribution in [0.1, 0.15) is 5.56 Å². The Kier molecular flexibility index (Phi) is 3.76. The van der Waals surface area contributed by atoms with Gasteiger partial charge in [-0.15, -0.1) is 10.5 Å². The topological polar surface area (TPSA) is 3.24 Å². The summed E-state index contributed by atoms with van der Waals surface area (Å²) in [7, 11) is 1.93. The number of hydrogen-bond donors (Lipinski definition) is 0. The number of anilines is 1. The molecule has 0 saturated heterocycles. The molecule has 0 atom stereocenters. The highest BCUT2D eigenvalue weighted by Crippen LogP contribution is 2.43. The SMILES string of the molecule is CN1[C]C(=S(c2ccccc2)c2ccccc2)c2ccccc21. The van der Waals surface area contributed by atoms with Crippen LogP contribution >= 0.6 is 10.5 Å². The van der Waals surface area contributed by atoms with Gasteiger partial charge < -0.3 is 4.90 Å². The summed E-state index contributed by atoms with van der Waals surface area (Å²) in [6.45, 7) is 3.58. The molecule has 1 nitrogen and oxygen atoms in total. The Balaban J connectivity index is 2.00. The van der Waals surface area contributed by atoms with Gasteiger partial charge in [-0.25, -0.2) is 0 Å². The zero-order valence-electron chi connectivity index (χ0n) is 12.9. The van der Waals surface area contributed by atoms with Gasteiger partial charge in [0.15, 0.2) is 0 Å². The summed E-state index contributed by atoms with van der Waals surface area (Å²) in [5.74, 6) is 0. The van der Waals surface area contributed by atoms with Gasteiger partial charge in [0.1, 0.15) is 6.54 Å². The molecule has 0 spiro atoms. The van der Waals surface area contributed by atoms with Crippen molar-refractivity contribution in [3.63, 3.8) is 0 Å². The van der Waals surface area contributed by atoms with E-state index in [1.807, 2.05) is 0 Å². The zero-order chi connectivity index (χ0) is 15.6. The first-order valence-corrected chi connectivity index (χ1v) is 8.88. The maximum atomic E-state index is 3.58. The number of fused-ring (bicyclic) bond motifs is 1. The molecule has 1 heterocycles. The molecule has 0 amide bonds. The fraction of sp³-hybridized carbons (Fsp3) is 0.0476. The molecule has 23 heavy (non-hydrogen) atoms. The van der Waals surface area contributed by atoms with Crippen LogP contribution in [0.5, 0.6) is 0 Å². The average Bonchev–Trinajstić information content (AvgIpc) is 2.94. The molecule has 2 radical (unpaired) electrons. The first kappa shape index (κ1) is 14.3. The van der Waals surface area contributed by atoms with Gasteiger partial charge in [0, 0.05) is 33.0 Å². The molecular formula is C21H17NS. The Bertz CT molecular complexity index is 812. The molecule has 0 aliphatic carbocycles. The first-order chi connectivity index (χ1) is 11.3. The van der Waals surface area contributed by atoms with E-state index in [4.69, 9.17) is 0 Å². The molecule has 112 valence electrons. The molecule has 0 bridgehead atoms. The predicted octanol–water partition coefficient (Wildman–Crippen LogP) is 5.08. The maximum absolute atomic E-state index is 3.58. The van der Waals surface area contributed by atoms with Crippen molar-refractivity contribution in [1.82, 2.24) is 0 Å². The van der Waals surface area contributed by atoms with Crippen molar-refractivity contribution in [3.8, 4) is 0 Å². The molecule has 0 saturated carbocycles. The van der Waals surface area contributed by atoms with Gasteiger partial charge in [-0.2, -0.15) is 0 Å². The molecule has 4 rings (SSSR count). The van der Waals surface area contributed by atoms with Gasteiger partial charge in [0.25, 0.3) is 0 Å². The minimum Gasteiger partial charge on any atom is -0.359 e. The van der Waals surface area contributed by atoms with E-state index in [1.165, 1.54) is 25.9 Å². The quantitative estimate of drug-likeness (QED) is 0.596. The molecule has 3 aromatic rings. The molecule has 1 aliphatic heterocycles. The van der Waals surface area contributed by atoms with Crippen LogP contribution in [0.15, 0.2) is 94.7 Å². The monoisotopic (exact) mass is 315 g/mol. The van der Waals surface area contributed by atoms with E-state index >= 15 is 0 Å². The second-order valence-corrected chi connectivity index (χ2v) is 7.41. The zero-order valence-corrected chi connectivity index (χ0v) is 13.8. The van der Waals surface area contributed by atoms with E-state index in [9.17, 15) is 0 Å². The minimum atomic E-state index is -0.145. The van der Waals surface area contributed by atoms with E-state index in [0.717, 1.165) is 0 Å². The second kappa shape index (κ2) is 6.05. The van der Waals surface area contributed by atoms with Crippen molar-refractivity contribution in [3.05, 3.63) is 97.0 Å². The highest BCUT2D eigenvalue weighted by molar-refractivity contribution is 8.16. The van der Waals surface area contributed by atoms with Gasteiger partial charge in [0.2, 0.25) is 0 Å². The summed E-state index contributed by atoms with van der Waals surface area (Å²) in [6.07, 6.45) is 0. The van der Waals surface area contributed by atoms with E-state index < -0.39 is 0 Å². The van der Waals surface area contributed by atoms with Crippen LogP contribution in [0, 0.1) is 6.54 Å². The van der Waals surface area contributed by atoms with Gasteiger partial charge >= 0.3 is 0 Å². The normalized spacial score (nSPS) is 13.5. The van der Waals surface area contributed by atoms with Gasteiger partial charge in [-0.3, -0.25) is 0 Å². The van der Waals surface area contributed by atoms with Crippen molar-refractivity contribution in [2.24, 2.45) is 0 Å². The Morgan fingerprint density at radius 2 is 1.22 bits per heavy atom. The van der Waals surface area contributed by atoms with Crippen LogP contribution < -0.4 is 4.90 Å². The number of para-hydroxylation sites is 1. The first-order valence-electron chi connectivity index (χ1n) is 7.66. The highest BCUT2D eigenvalue weighted by atomic mass is 32.2. The molecule has 0 fully saturated rings. The van der Waals surface area contributed by atoms with E-state index in [2.05, 4.69) is 103 Å². The van der Waals surface area contributed by atoms with Crippen molar-refractivity contribution in [2.75, 3.05) is 11.9 Å². The average molecular weight is 315 g/mol. The third kappa shape index (κ3) is 2.60. The van der Waals surface area contributed by atoms with Crippen LogP contribution in [0.4, 0.5) is 5.69 Å². The fourth-order valence-corrected chi connectivity index (χ4v) is 5.09. The number of likely N-dealkylation sites (N-methyl/N-ethyl adjacent to an activating group) is 1. The minimum absolute atomic E-state index is 0.145. The number of nitrogens with zero attached hydrogens (tertiary/aromatic N) is 1. The molecule has 0 N–H and O–H groups in total. The van der Waals surface area contributed by atoms with Crippen molar-refractivity contribution < 1.29 is 0 Å². The van der Waals surface area contributed by atoms with Crippen LogP contribution in [0.25, 0.3) is 0 Å². The van der Waals surface area contributed by atoms with Crippen LogP contribution in [0.3, 0.4) is 0 Å².